The Kier molecular flexibility index (Phi) is 7.08. The Balaban J connectivity index is 0.00000243. The third kappa shape index (κ3) is 5.00. The highest BCUT2D eigenvalue weighted by Crippen LogP contribution is 2.16. The van der Waals surface area contributed by atoms with E-state index in [1.165, 1.54) is 6.07 Å². The molecule has 0 atom stereocenters. The maximum absolute atomic E-state index is 12.1. The monoisotopic (exact) mass is 378 g/mol. The first-order valence-corrected chi connectivity index (χ1v) is 8.71. The molecule has 0 unspecified atom stereocenters. The number of aromatic hydroxyl groups is 1. The molecule has 2 N–H and O–H groups in total. The number of benzene rings is 1. The van der Waals surface area contributed by atoms with Gasteiger partial charge in [-0.3, -0.25) is 14.3 Å². The van der Waals surface area contributed by atoms with Gasteiger partial charge >= 0.3 is 0 Å². The summed E-state index contributed by atoms with van der Waals surface area (Å²) in [7, 11) is 2.16. The van der Waals surface area contributed by atoms with Crippen molar-refractivity contribution in [1.29, 1.82) is 0 Å². The van der Waals surface area contributed by atoms with Crippen LogP contribution in [0.3, 0.4) is 0 Å². The van der Waals surface area contributed by atoms with E-state index in [2.05, 4.69) is 22.2 Å². The van der Waals surface area contributed by atoms with E-state index < -0.39 is 0 Å². The molecule has 1 saturated heterocycles. The van der Waals surface area contributed by atoms with Crippen molar-refractivity contribution in [2.75, 3.05) is 51.6 Å². The summed E-state index contributed by atoms with van der Waals surface area (Å²) < 4.78 is 1.59. The molecular formula is C19H27ClN4O2. The smallest absolute Gasteiger partial charge is 0.258 e. The molecule has 1 aliphatic heterocycles. The summed E-state index contributed by atoms with van der Waals surface area (Å²) >= 11 is 0. The van der Waals surface area contributed by atoms with Crippen LogP contribution in [-0.2, 0) is 0 Å². The first-order chi connectivity index (χ1) is 12.0. The molecule has 1 aliphatic rings. The SMILES string of the molecule is Cc1cc(O)cc(=O)n1-c1ccc(NCCN2CCN(C)CC2)cc1.Cl. The molecule has 7 heteroatoms. The minimum absolute atomic E-state index is 0. The fraction of sp³-hybridized carbons (Fsp3) is 0.421. The van der Waals surface area contributed by atoms with Crippen molar-refractivity contribution in [3.05, 3.63) is 52.4 Å². The molecule has 142 valence electrons. The predicted molar refractivity (Wildman–Crippen MR) is 108 cm³/mol. The highest BCUT2D eigenvalue weighted by molar-refractivity contribution is 5.85. The van der Waals surface area contributed by atoms with Crippen LogP contribution in [0, 0.1) is 6.92 Å². The number of hydrogen-bond acceptors (Lipinski definition) is 5. The van der Waals surface area contributed by atoms with E-state index >= 15 is 0 Å². The molecule has 0 saturated carbocycles. The lowest BCUT2D eigenvalue weighted by Crippen LogP contribution is -2.45. The molecule has 2 heterocycles. The molecule has 1 aromatic heterocycles. The largest absolute Gasteiger partial charge is 0.508 e. The fourth-order valence-corrected chi connectivity index (χ4v) is 3.17. The average Bonchev–Trinajstić information content (AvgIpc) is 2.57. The lowest BCUT2D eigenvalue weighted by atomic mass is 10.2. The van der Waals surface area contributed by atoms with Crippen LogP contribution >= 0.6 is 12.4 Å². The maximum atomic E-state index is 12.1. The zero-order valence-corrected chi connectivity index (χ0v) is 16.1. The zero-order valence-electron chi connectivity index (χ0n) is 15.3. The van der Waals surface area contributed by atoms with E-state index in [9.17, 15) is 9.90 Å². The van der Waals surface area contributed by atoms with Crippen LogP contribution < -0.4 is 10.9 Å². The molecule has 0 amide bonds. The third-order valence-corrected chi connectivity index (χ3v) is 4.68. The minimum atomic E-state index is -0.228. The molecule has 26 heavy (non-hydrogen) atoms. The summed E-state index contributed by atoms with van der Waals surface area (Å²) in [6.45, 7) is 8.27. The van der Waals surface area contributed by atoms with E-state index in [0.29, 0.717) is 5.69 Å². The number of anilines is 1. The summed E-state index contributed by atoms with van der Waals surface area (Å²) in [5, 5.41) is 12.9. The predicted octanol–water partition coefficient (Wildman–Crippen LogP) is 1.93. The summed E-state index contributed by atoms with van der Waals surface area (Å²) in [6, 6.07) is 10.6. The molecule has 0 bridgehead atoms. The van der Waals surface area contributed by atoms with Gasteiger partial charge in [-0.05, 0) is 44.3 Å². The van der Waals surface area contributed by atoms with E-state index in [1.807, 2.05) is 31.2 Å². The van der Waals surface area contributed by atoms with Gasteiger partial charge in [0.25, 0.3) is 5.56 Å². The van der Waals surface area contributed by atoms with Crippen LogP contribution in [0.25, 0.3) is 5.69 Å². The van der Waals surface area contributed by atoms with Crippen molar-refractivity contribution in [1.82, 2.24) is 14.4 Å². The topological polar surface area (TPSA) is 60.7 Å². The summed E-state index contributed by atoms with van der Waals surface area (Å²) in [4.78, 5) is 16.9. The number of piperazine rings is 1. The number of rotatable bonds is 5. The van der Waals surface area contributed by atoms with Crippen LogP contribution in [0.15, 0.2) is 41.2 Å². The van der Waals surface area contributed by atoms with Gasteiger partial charge in [0, 0.05) is 62.4 Å². The number of pyridine rings is 1. The second-order valence-electron chi connectivity index (χ2n) is 6.65. The first kappa shape index (κ1) is 20.3. The van der Waals surface area contributed by atoms with Crippen molar-refractivity contribution in [3.8, 4) is 11.4 Å². The molecule has 0 aliphatic carbocycles. The van der Waals surface area contributed by atoms with Crippen molar-refractivity contribution in [3.63, 3.8) is 0 Å². The second kappa shape index (κ2) is 9.07. The Morgan fingerprint density at radius 2 is 1.73 bits per heavy atom. The Morgan fingerprint density at radius 1 is 1.08 bits per heavy atom. The van der Waals surface area contributed by atoms with E-state index in [1.54, 1.807) is 10.6 Å². The Labute approximate surface area is 160 Å². The number of nitrogens with zero attached hydrogens (tertiary/aromatic N) is 3. The molecule has 2 aromatic rings. The third-order valence-electron chi connectivity index (χ3n) is 4.68. The molecule has 0 spiro atoms. The van der Waals surface area contributed by atoms with Crippen LogP contribution in [0.4, 0.5) is 5.69 Å². The number of aromatic nitrogens is 1. The number of halogens is 1. The van der Waals surface area contributed by atoms with Gasteiger partial charge in [0.05, 0.1) is 0 Å². The van der Waals surface area contributed by atoms with Gasteiger partial charge in [-0.1, -0.05) is 0 Å². The van der Waals surface area contributed by atoms with E-state index in [-0.39, 0.29) is 23.7 Å². The highest BCUT2D eigenvalue weighted by atomic mass is 35.5. The lowest BCUT2D eigenvalue weighted by molar-refractivity contribution is 0.158. The maximum Gasteiger partial charge on any atom is 0.258 e. The fourth-order valence-electron chi connectivity index (χ4n) is 3.17. The molecule has 6 nitrogen and oxygen atoms in total. The second-order valence-corrected chi connectivity index (χ2v) is 6.65. The normalized spacial score (nSPS) is 15.5. The molecule has 3 rings (SSSR count). The Hall–Kier alpha value is -2.02. The standard InChI is InChI=1S/C19H26N4O2.ClH/c1-15-13-18(24)14-19(25)23(15)17-5-3-16(4-6-17)20-7-8-22-11-9-21(2)10-12-22;/h3-6,13-14,20,24H,7-12H2,1-2H3;1H. The molecule has 1 fully saturated rings. The van der Waals surface area contributed by atoms with E-state index in [0.717, 1.165) is 50.6 Å². The van der Waals surface area contributed by atoms with Gasteiger partial charge in [-0.2, -0.15) is 0 Å². The van der Waals surface area contributed by atoms with Crippen LogP contribution in [0.5, 0.6) is 5.75 Å². The van der Waals surface area contributed by atoms with Crippen LogP contribution in [0.2, 0.25) is 0 Å². The van der Waals surface area contributed by atoms with Crippen LogP contribution in [-0.4, -0.2) is 65.8 Å². The number of likely N-dealkylation sites (N-methyl/N-ethyl adjacent to an activating group) is 1. The van der Waals surface area contributed by atoms with E-state index in [4.69, 9.17) is 0 Å². The summed E-state index contributed by atoms with van der Waals surface area (Å²) in [6.07, 6.45) is 0. The van der Waals surface area contributed by atoms with Gasteiger partial charge in [-0.25, -0.2) is 0 Å². The molecule has 0 radical (unpaired) electrons. The van der Waals surface area contributed by atoms with Crippen molar-refractivity contribution in [2.24, 2.45) is 0 Å². The van der Waals surface area contributed by atoms with Crippen LogP contribution in [0.1, 0.15) is 5.69 Å². The zero-order chi connectivity index (χ0) is 17.8. The summed E-state index contributed by atoms with van der Waals surface area (Å²) in [5.41, 5.74) is 2.32. The number of hydrogen-bond donors (Lipinski definition) is 2. The number of nitrogens with one attached hydrogen (secondary N) is 1. The molecule has 1 aromatic carbocycles. The Bertz CT molecular complexity index is 768. The highest BCUT2D eigenvalue weighted by Gasteiger charge is 2.12. The van der Waals surface area contributed by atoms with Gasteiger partial charge in [0.1, 0.15) is 5.75 Å². The molecular weight excluding hydrogens is 352 g/mol. The lowest BCUT2D eigenvalue weighted by Gasteiger charge is -2.32. The van der Waals surface area contributed by atoms with Gasteiger partial charge in [0.2, 0.25) is 0 Å². The van der Waals surface area contributed by atoms with Crippen molar-refractivity contribution in [2.45, 2.75) is 6.92 Å². The van der Waals surface area contributed by atoms with Crippen molar-refractivity contribution < 1.29 is 5.11 Å². The summed E-state index contributed by atoms with van der Waals surface area (Å²) in [5.74, 6) is 0.000873. The van der Waals surface area contributed by atoms with Crippen molar-refractivity contribution >= 4 is 18.1 Å². The van der Waals surface area contributed by atoms with Gasteiger partial charge in [0.15, 0.2) is 0 Å². The Morgan fingerprint density at radius 3 is 2.35 bits per heavy atom. The average molecular weight is 379 g/mol. The first-order valence-electron chi connectivity index (χ1n) is 8.71. The quantitative estimate of drug-likeness (QED) is 0.832. The number of aryl methyl sites for hydroxylation is 1. The minimum Gasteiger partial charge on any atom is -0.508 e. The van der Waals surface area contributed by atoms with Gasteiger partial charge in [-0.15, -0.1) is 12.4 Å². The van der Waals surface area contributed by atoms with Gasteiger partial charge < -0.3 is 15.3 Å².